The number of nitrogens with two attached hydrogens (primary N) is 1. The third kappa shape index (κ3) is 6.50. The first kappa shape index (κ1) is 14.4. The largest absolute Gasteiger partial charge is 0.342 e. The van der Waals surface area contributed by atoms with Gasteiger partial charge in [0.25, 0.3) is 0 Å². The topological polar surface area (TPSA) is 46.3 Å². The number of amides is 1. The van der Waals surface area contributed by atoms with Crippen LogP contribution in [0, 0.1) is 0 Å². The molecule has 1 atom stereocenters. The summed E-state index contributed by atoms with van der Waals surface area (Å²) in [7, 11) is 1.84. The monoisotopic (exact) mass is 214 g/mol. The first-order valence-electron chi connectivity index (χ1n) is 6.09. The number of hydrogen-bond acceptors (Lipinski definition) is 2. The summed E-state index contributed by atoms with van der Waals surface area (Å²) in [6, 6.07) is 0.160. The van der Waals surface area contributed by atoms with Crippen molar-refractivity contribution in [2.45, 2.75) is 58.4 Å². The number of likely N-dealkylation sites (N-methyl/N-ethyl adjacent to an activating group) is 1. The highest BCUT2D eigenvalue weighted by Crippen LogP contribution is 2.07. The molecule has 90 valence electrons. The molecule has 0 aliphatic heterocycles. The molecule has 2 N–H and O–H groups in total. The zero-order valence-electron chi connectivity index (χ0n) is 10.5. The Morgan fingerprint density at radius 3 is 2.40 bits per heavy atom. The lowest BCUT2D eigenvalue weighted by Gasteiger charge is -2.23. The molecule has 0 aromatic carbocycles. The SMILES string of the molecule is CCCCCCCC(=O)N(C)C(C)CN. The van der Waals surface area contributed by atoms with Crippen molar-refractivity contribution in [3.05, 3.63) is 0 Å². The summed E-state index contributed by atoms with van der Waals surface area (Å²) in [6.45, 7) is 4.72. The zero-order chi connectivity index (χ0) is 11.7. The zero-order valence-corrected chi connectivity index (χ0v) is 10.5. The fourth-order valence-corrected chi connectivity index (χ4v) is 1.46. The maximum absolute atomic E-state index is 11.6. The highest BCUT2D eigenvalue weighted by molar-refractivity contribution is 5.76. The van der Waals surface area contributed by atoms with Gasteiger partial charge < -0.3 is 10.6 Å². The van der Waals surface area contributed by atoms with Gasteiger partial charge in [0.1, 0.15) is 0 Å². The molecule has 0 aromatic heterocycles. The standard InChI is InChI=1S/C12H26N2O/c1-4-5-6-7-8-9-12(15)14(3)11(2)10-13/h11H,4-10,13H2,1-3H3. The van der Waals surface area contributed by atoms with E-state index >= 15 is 0 Å². The molecular weight excluding hydrogens is 188 g/mol. The molecule has 0 bridgehead atoms. The molecule has 3 heteroatoms. The maximum Gasteiger partial charge on any atom is 0.222 e. The average molecular weight is 214 g/mol. The molecule has 0 saturated carbocycles. The van der Waals surface area contributed by atoms with Crippen molar-refractivity contribution in [1.82, 2.24) is 4.90 Å². The Hall–Kier alpha value is -0.570. The van der Waals surface area contributed by atoms with E-state index in [2.05, 4.69) is 6.92 Å². The molecule has 0 aliphatic rings. The van der Waals surface area contributed by atoms with E-state index < -0.39 is 0 Å². The Morgan fingerprint density at radius 2 is 1.87 bits per heavy atom. The van der Waals surface area contributed by atoms with E-state index in [9.17, 15) is 4.79 Å². The van der Waals surface area contributed by atoms with Gasteiger partial charge in [-0.25, -0.2) is 0 Å². The highest BCUT2D eigenvalue weighted by Gasteiger charge is 2.13. The van der Waals surface area contributed by atoms with E-state index in [0.717, 1.165) is 6.42 Å². The molecule has 0 spiro atoms. The van der Waals surface area contributed by atoms with Gasteiger partial charge >= 0.3 is 0 Å². The van der Waals surface area contributed by atoms with Gasteiger partial charge in [-0.3, -0.25) is 4.79 Å². The van der Waals surface area contributed by atoms with E-state index in [1.54, 1.807) is 4.90 Å². The summed E-state index contributed by atoms with van der Waals surface area (Å²) >= 11 is 0. The second-order valence-electron chi connectivity index (χ2n) is 4.25. The minimum Gasteiger partial charge on any atom is -0.342 e. The fraction of sp³-hybridized carbons (Fsp3) is 0.917. The van der Waals surface area contributed by atoms with Crippen LogP contribution in [0.25, 0.3) is 0 Å². The van der Waals surface area contributed by atoms with Crippen molar-refractivity contribution in [3.63, 3.8) is 0 Å². The molecule has 1 amide bonds. The van der Waals surface area contributed by atoms with Crippen LogP contribution in [-0.4, -0.2) is 30.4 Å². The second-order valence-corrected chi connectivity index (χ2v) is 4.25. The van der Waals surface area contributed by atoms with Crippen molar-refractivity contribution in [2.75, 3.05) is 13.6 Å². The molecule has 0 aliphatic carbocycles. The van der Waals surface area contributed by atoms with Crippen LogP contribution in [0.15, 0.2) is 0 Å². The van der Waals surface area contributed by atoms with Gasteiger partial charge in [-0.2, -0.15) is 0 Å². The summed E-state index contributed by atoms with van der Waals surface area (Å²) in [6.07, 6.45) is 6.64. The van der Waals surface area contributed by atoms with E-state index in [1.165, 1.54) is 25.7 Å². The van der Waals surface area contributed by atoms with Gasteiger partial charge in [0.05, 0.1) is 0 Å². The number of rotatable bonds is 8. The number of carbonyl (C=O) groups is 1. The van der Waals surface area contributed by atoms with Gasteiger partial charge in [-0.05, 0) is 13.3 Å². The van der Waals surface area contributed by atoms with Crippen LogP contribution in [0.3, 0.4) is 0 Å². The molecule has 0 heterocycles. The number of hydrogen-bond donors (Lipinski definition) is 1. The fourth-order valence-electron chi connectivity index (χ4n) is 1.46. The van der Waals surface area contributed by atoms with Crippen LogP contribution in [-0.2, 0) is 4.79 Å². The molecule has 1 unspecified atom stereocenters. The molecule has 0 saturated heterocycles. The lowest BCUT2D eigenvalue weighted by molar-refractivity contribution is -0.131. The third-order valence-corrected chi connectivity index (χ3v) is 2.89. The van der Waals surface area contributed by atoms with E-state index in [-0.39, 0.29) is 11.9 Å². The van der Waals surface area contributed by atoms with E-state index in [4.69, 9.17) is 5.73 Å². The summed E-state index contributed by atoms with van der Waals surface area (Å²) in [5.74, 6) is 0.226. The number of nitrogens with zero attached hydrogens (tertiary/aromatic N) is 1. The predicted molar refractivity (Wildman–Crippen MR) is 64.7 cm³/mol. The lowest BCUT2D eigenvalue weighted by atomic mass is 10.1. The molecule has 0 radical (unpaired) electrons. The minimum atomic E-state index is 0.160. The molecule has 0 rings (SSSR count). The normalized spacial score (nSPS) is 12.5. The van der Waals surface area contributed by atoms with Crippen LogP contribution >= 0.6 is 0 Å². The third-order valence-electron chi connectivity index (χ3n) is 2.89. The Kier molecular flexibility index (Phi) is 8.38. The van der Waals surface area contributed by atoms with E-state index in [0.29, 0.717) is 13.0 Å². The van der Waals surface area contributed by atoms with Crippen molar-refractivity contribution in [3.8, 4) is 0 Å². The van der Waals surface area contributed by atoms with Gasteiger partial charge in [0.15, 0.2) is 0 Å². The Bertz CT molecular complexity index is 171. The number of unbranched alkanes of at least 4 members (excludes halogenated alkanes) is 4. The quantitative estimate of drug-likeness (QED) is 0.629. The van der Waals surface area contributed by atoms with Crippen LogP contribution in [0.1, 0.15) is 52.4 Å². The van der Waals surface area contributed by atoms with Gasteiger partial charge in [0, 0.05) is 26.1 Å². The molecule has 3 nitrogen and oxygen atoms in total. The Morgan fingerprint density at radius 1 is 1.27 bits per heavy atom. The van der Waals surface area contributed by atoms with Crippen LogP contribution in [0.2, 0.25) is 0 Å². The highest BCUT2D eigenvalue weighted by atomic mass is 16.2. The van der Waals surface area contributed by atoms with Crippen LogP contribution in [0.4, 0.5) is 0 Å². The van der Waals surface area contributed by atoms with Crippen molar-refractivity contribution in [2.24, 2.45) is 5.73 Å². The Balaban J connectivity index is 3.56. The molecule has 0 aromatic rings. The lowest BCUT2D eigenvalue weighted by Crippen LogP contribution is -2.39. The van der Waals surface area contributed by atoms with Crippen molar-refractivity contribution < 1.29 is 4.79 Å². The van der Waals surface area contributed by atoms with Gasteiger partial charge in [-0.15, -0.1) is 0 Å². The summed E-state index contributed by atoms with van der Waals surface area (Å²) in [5, 5.41) is 0. The minimum absolute atomic E-state index is 0.160. The van der Waals surface area contributed by atoms with Crippen LogP contribution < -0.4 is 5.73 Å². The maximum atomic E-state index is 11.6. The first-order valence-corrected chi connectivity index (χ1v) is 6.09. The van der Waals surface area contributed by atoms with Crippen molar-refractivity contribution >= 4 is 5.91 Å². The molecular formula is C12H26N2O. The number of carbonyl (C=O) groups excluding carboxylic acids is 1. The smallest absolute Gasteiger partial charge is 0.222 e. The summed E-state index contributed by atoms with van der Waals surface area (Å²) in [5.41, 5.74) is 5.51. The van der Waals surface area contributed by atoms with Crippen molar-refractivity contribution in [1.29, 1.82) is 0 Å². The summed E-state index contributed by atoms with van der Waals surface area (Å²) < 4.78 is 0. The predicted octanol–water partition coefficient (Wildman–Crippen LogP) is 2.15. The summed E-state index contributed by atoms with van der Waals surface area (Å²) in [4.78, 5) is 13.4. The first-order chi connectivity index (χ1) is 7.13. The van der Waals surface area contributed by atoms with Crippen LogP contribution in [0.5, 0.6) is 0 Å². The van der Waals surface area contributed by atoms with Gasteiger partial charge in [0.2, 0.25) is 5.91 Å². The Labute approximate surface area is 94.0 Å². The second kappa shape index (κ2) is 8.72. The van der Waals surface area contributed by atoms with Gasteiger partial charge in [-0.1, -0.05) is 32.6 Å². The average Bonchev–Trinajstić information content (AvgIpc) is 2.26. The van der Waals surface area contributed by atoms with E-state index in [1.807, 2.05) is 14.0 Å². The molecule has 15 heavy (non-hydrogen) atoms. The molecule has 0 fully saturated rings.